The molecule has 1 aromatic heterocycles. The molecule has 6 nitrogen and oxygen atoms in total. The highest BCUT2D eigenvalue weighted by atomic mass is 32.1. The molecule has 3 rings (SSSR count). The molecule has 2 heterocycles. The van der Waals surface area contributed by atoms with Crippen molar-refractivity contribution in [1.82, 2.24) is 14.9 Å². The first-order chi connectivity index (χ1) is 12.4. The molecule has 1 aromatic carbocycles. The molecule has 0 saturated carbocycles. The third kappa shape index (κ3) is 3.59. The Morgan fingerprint density at radius 1 is 1.46 bits per heavy atom. The lowest BCUT2D eigenvalue weighted by atomic mass is 9.93. The number of aromatic nitrogens is 2. The lowest BCUT2D eigenvalue weighted by Gasteiger charge is -2.22. The van der Waals surface area contributed by atoms with Crippen molar-refractivity contribution in [2.75, 3.05) is 13.2 Å². The van der Waals surface area contributed by atoms with Crippen LogP contribution in [0.5, 0.6) is 0 Å². The summed E-state index contributed by atoms with van der Waals surface area (Å²) >= 11 is 5.23. The molecule has 0 aliphatic carbocycles. The van der Waals surface area contributed by atoms with Crippen molar-refractivity contribution in [3.05, 3.63) is 38.9 Å². The van der Waals surface area contributed by atoms with Gasteiger partial charge in [-0.05, 0) is 49.7 Å². The van der Waals surface area contributed by atoms with E-state index in [2.05, 4.69) is 24.1 Å². The van der Waals surface area contributed by atoms with Crippen molar-refractivity contribution in [2.45, 2.75) is 39.8 Å². The van der Waals surface area contributed by atoms with Crippen molar-refractivity contribution in [3.63, 3.8) is 0 Å². The predicted molar refractivity (Wildman–Crippen MR) is 104 cm³/mol. The van der Waals surface area contributed by atoms with Gasteiger partial charge in [-0.25, -0.2) is 0 Å². The quantitative estimate of drug-likeness (QED) is 0.788. The maximum absolute atomic E-state index is 12.5. The van der Waals surface area contributed by atoms with E-state index in [0.29, 0.717) is 46.2 Å². The second-order valence-electron chi connectivity index (χ2n) is 7.08. The number of ether oxygens (including phenoxy) is 1. The highest BCUT2D eigenvalue weighted by Gasteiger charge is 2.30. The Morgan fingerprint density at radius 2 is 2.23 bits per heavy atom. The van der Waals surface area contributed by atoms with Gasteiger partial charge >= 0.3 is 0 Å². The molecular weight excluding hydrogens is 350 g/mol. The number of benzene rings is 1. The summed E-state index contributed by atoms with van der Waals surface area (Å²) in [4.78, 5) is 28.0. The van der Waals surface area contributed by atoms with Gasteiger partial charge in [0.1, 0.15) is 0 Å². The average molecular weight is 375 g/mol. The number of carbonyl (C=O) groups excluding carboxylic acids is 1. The van der Waals surface area contributed by atoms with Crippen LogP contribution in [0.4, 0.5) is 0 Å². The van der Waals surface area contributed by atoms with Gasteiger partial charge in [0.15, 0.2) is 4.77 Å². The molecule has 2 atom stereocenters. The molecule has 1 aliphatic heterocycles. The molecule has 2 unspecified atom stereocenters. The summed E-state index contributed by atoms with van der Waals surface area (Å²) < 4.78 is 7.64. The Hall–Kier alpha value is -1.99. The molecule has 1 fully saturated rings. The summed E-state index contributed by atoms with van der Waals surface area (Å²) in [5, 5.41) is 3.53. The monoisotopic (exact) mass is 375 g/mol. The van der Waals surface area contributed by atoms with Gasteiger partial charge in [0, 0.05) is 31.2 Å². The summed E-state index contributed by atoms with van der Waals surface area (Å²) in [5.41, 5.74) is 0.958. The normalized spacial score (nSPS) is 20.0. The molecule has 140 valence electrons. The minimum absolute atomic E-state index is 0.138. The van der Waals surface area contributed by atoms with E-state index in [1.807, 2.05) is 6.92 Å². The number of amides is 1. The van der Waals surface area contributed by atoms with Gasteiger partial charge in [0.2, 0.25) is 0 Å². The maximum Gasteiger partial charge on any atom is 0.262 e. The minimum Gasteiger partial charge on any atom is -0.378 e. The van der Waals surface area contributed by atoms with E-state index in [0.717, 1.165) is 13.0 Å². The Labute approximate surface area is 157 Å². The number of fused-ring (bicyclic) bond motifs is 1. The summed E-state index contributed by atoms with van der Waals surface area (Å²) in [6.45, 7) is 7.99. The van der Waals surface area contributed by atoms with E-state index >= 15 is 0 Å². The van der Waals surface area contributed by atoms with Crippen LogP contribution < -0.4 is 10.9 Å². The zero-order valence-electron chi connectivity index (χ0n) is 15.4. The summed E-state index contributed by atoms with van der Waals surface area (Å²) in [7, 11) is 0. The number of hydrogen-bond donors (Lipinski definition) is 2. The van der Waals surface area contributed by atoms with Crippen LogP contribution in [0.1, 0.15) is 37.6 Å². The fraction of sp³-hybridized carbons (Fsp3) is 0.526. The Balaban J connectivity index is 1.79. The molecule has 0 bridgehead atoms. The first kappa shape index (κ1) is 18.8. The van der Waals surface area contributed by atoms with Crippen LogP contribution in [0.25, 0.3) is 10.9 Å². The van der Waals surface area contributed by atoms with Gasteiger partial charge in [0.25, 0.3) is 11.5 Å². The van der Waals surface area contributed by atoms with E-state index in [-0.39, 0.29) is 17.6 Å². The van der Waals surface area contributed by atoms with Gasteiger partial charge in [-0.15, -0.1) is 0 Å². The number of rotatable bonds is 5. The van der Waals surface area contributed by atoms with Crippen LogP contribution in [-0.4, -0.2) is 34.7 Å². The van der Waals surface area contributed by atoms with Crippen molar-refractivity contribution in [2.24, 2.45) is 11.8 Å². The zero-order chi connectivity index (χ0) is 18.8. The molecule has 1 amide bonds. The Bertz CT molecular complexity index is 932. The Morgan fingerprint density at radius 3 is 2.92 bits per heavy atom. The summed E-state index contributed by atoms with van der Waals surface area (Å²) in [5.74, 6) is 0.614. The first-order valence-electron chi connectivity index (χ1n) is 9.09. The fourth-order valence-corrected chi connectivity index (χ4v) is 3.94. The highest BCUT2D eigenvalue weighted by Crippen LogP contribution is 2.26. The zero-order valence-corrected chi connectivity index (χ0v) is 16.2. The standard InChI is InChI=1S/C19H25N3O3S/c1-4-22-18(24)14-6-5-12(9-15(14)21-19(22)26)17(23)20-10-13-7-8-25-16(13)11(2)3/h5-6,9,11,13,16H,4,7-8,10H2,1-3H3,(H,20,23)(H,21,26). The van der Waals surface area contributed by atoms with E-state index in [1.54, 1.807) is 18.2 Å². The van der Waals surface area contributed by atoms with Crippen molar-refractivity contribution >= 4 is 29.0 Å². The smallest absolute Gasteiger partial charge is 0.262 e. The van der Waals surface area contributed by atoms with E-state index in [9.17, 15) is 9.59 Å². The third-order valence-electron chi connectivity index (χ3n) is 5.01. The molecular formula is C19H25N3O3S. The number of nitrogens with zero attached hydrogens (tertiary/aromatic N) is 1. The molecule has 0 spiro atoms. The topological polar surface area (TPSA) is 76.1 Å². The second-order valence-corrected chi connectivity index (χ2v) is 7.46. The summed E-state index contributed by atoms with van der Waals surface area (Å²) in [6, 6.07) is 5.05. The number of nitrogens with one attached hydrogen (secondary N) is 2. The van der Waals surface area contributed by atoms with Crippen LogP contribution in [0.2, 0.25) is 0 Å². The molecule has 2 N–H and O–H groups in total. The second kappa shape index (κ2) is 7.72. The van der Waals surface area contributed by atoms with E-state index < -0.39 is 0 Å². The lowest BCUT2D eigenvalue weighted by molar-refractivity contribution is 0.0533. The molecule has 0 radical (unpaired) electrons. The largest absolute Gasteiger partial charge is 0.378 e. The fourth-order valence-electron chi connectivity index (χ4n) is 3.62. The number of H-pyrrole nitrogens is 1. The third-order valence-corrected chi connectivity index (χ3v) is 5.33. The Kier molecular flexibility index (Phi) is 5.58. The molecule has 7 heteroatoms. The van der Waals surface area contributed by atoms with Crippen LogP contribution in [0.15, 0.2) is 23.0 Å². The first-order valence-corrected chi connectivity index (χ1v) is 9.49. The van der Waals surface area contributed by atoms with Crippen molar-refractivity contribution in [3.8, 4) is 0 Å². The SMILES string of the molecule is CCn1c(=S)[nH]c2cc(C(=O)NCC3CCOC3C(C)C)ccc2c1=O. The van der Waals surface area contributed by atoms with Crippen LogP contribution in [-0.2, 0) is 11.3 Å². The van der Waals surface area contributed by atoms with Crippen LogP contribution >= 0.6 is 12.2 Å². The van der Waals surface area contributed by atoms with Crippen LogP contribution in [0.3, 0.4) is 0 Å². The summed E-state index contributed by atoms with van der Waals surface area (Å²) in [6.07, 6.45) is 1.15. The molecule has 1 saturated heterocycles. The molecule has 2 aromatic rings. The van der Waals surface area contributed by atoms with Gasteiger partial charge in [-0.3, -0.25) is 14.2 Å². The minimum atomic E-state index is -0.153. The van der Waals surface area contributed by atoms with Crippen molar-refractivity contribution in [1.29, 1.82) is 0 Å². The van der Waals surface area contributed by atoms with E-state index in [1.165, 1.54) is 4.57 Å². The number of aromatic amines is 1. The lowest BCUT2D eigenvalue weighted by Crippen LogP contribution is -2.35. The van der Waals surface area contributed by atoms with E-state index in [4.69, 9.17) is 17.0 Å². The van der Waals surface area contributed by atoms with Gasteiger partial charge in [-0.2, -0.15) is 0 Å². The van der Waals surface area contributed by atoms with Gasteiger partial charge < -0.3 is 15.0 Å². The highest BCUT2D eigenvalue weighted by molar-refractivity contribution is 7.71. The van der Waals surface area contributed by atoms with Gasteiger partial charge in [0.05, 0.1) is 17.0 Å². The number of carbonyl (C=O) groups is 1. The van der Waals surface area contributed by atoms with Gasteiger partial charge in [-0.1, -0.05) is 13.8 Å². The molecule has 1 aliphatic rings. The molecule has 26 heavy (non-hydrogen) atoms. The maximum atomic E-state index is 12.5. The van der Waals surface area contributed by atoms with Crippen LogP contribution in [0, 0.1) is 16.6 Å². The average Bonchev–Trinajstić information content (AvgIpc) is 3.08. The number of hydrogen-bond acceptors (Lipinski definition) is 4. The predicted octanol–water partition coefficient (Wildman–Crippen LogP) is 2.87. The van der Waals surface area contributed by atoms with Crippen molar-refractivity contribution < 1.29 is 9.53 Å².